The highest BCUT2D eigenvalue weighted by molar-refractivity contribution is 5.78. The van der Waals surface area contributed by atoms with Crippen molar-refractivity contribution < 1.29 is 9.32 Å². The molecule has 7 nitrogen and oxygen atoms in total. The maximum absolute atomic E-state index is 12.6. The quantitative estimate of drug-likeness (QED) is 0.664. The highest BCUT2D eigenvalue weighted by atomic mass is 16.5. The van der Waals surface area contributed by atoms with Crippen LogP contribution in [0.1, 0.15) is 35.7 Å². The number of pyridine rings is 1. The van der Waals surface area contributed by atoms with E-state index in [2.05, 4.69) is 49.6 Å². The molecule has 0 radical (unpaired) electrons. The maximum Gasteiger partial charge on any atom is 0.234 e. The lowest BCUT2D eigenvalue weighted by Crippen LogP contribution is -2.38. The zero-order valence-electron chi connectivity index (χ0n) is 17.7. The van der Waals surface area contributed by atoms with E-state index in [0.717, 1.165) is 43.9 Å². The Labute approximate surface area is 181 Å². The van der Waals surface area contributed by atoms with E-state index in [1.807, 2.05) is 25.1 Å². The molecule has 5 rings (SSSR count). The molecule has 2 aromatic heterocycles. The fourth-order valence-electron chi connectivity index (χ4n) is 5.34. The summed E-state index contributed by atoms with van der Waals surface area (Å²) in [4.78, 5) is 23.8. The number of hydrogen-bond donors (Lipinski definition) is 1. The van der Waals surface area contributed by atoms with E-state index < -0.39 is 0 Å². The highest BCUT2D eigenvalue weighted by Crippen LogP contribution is 2.50. The monoisotopic (exact) mass is 417 g/mol. The van der Waals surface area contributed by atoms with Gasteiger partial charge in [-0.3, -0.25) is 14.7 Å². The van der Waals surface area contributed by atoms with Gasteiger partial charge in [-0.05, 0) is 48.9 Å². The van der Waals surface area contributed by atoms with Crippen molar-refractivity contribution in [2.75, 3.05) is 13.1 Å². The summed E-state index contributed by atoms with van der Waals surface area (Å²) in [6, 6.07) is 14.4. The average Bonchev–Trinajstić information content (AvgIpc) is 3.42. The molecule has 160 valence electrons. The van der Waals surface area contributed by atoms with Crippen LogP contribution in [-0.2, 0) is 23.2 Å². The Kier molecular flexibility index (Phi) is 5.28. The van der Waals surface area contributed by atoms with Gasteiger partial charge in [0.2, 0.25) is 11.8 Å². The zero-order valence-corrected chi connectivity index (χ0v) is 17.7. The number of fused-ring (bicyclic) bond motifs is 1. The van der Waals surface area contributed by atoms with Crippen molar-refractivity contribution in [3.63, 3.8) is 0 Å². The van der Waals surface area contributed by atoms with E-state index in [1.54, 1.807) is 12.4 Å². The Morgan fingerprint density at radius 2 is 2.00 bits per heavy atom. The third-order valence-electron chi connectivity index (χ3n) is 6.63. The van der Waals surface area contributed by atoms with Crippen molar-refractivity contribution in [3.8, 4) is 0 Å². The first-order chi connectivity index (χ1) is 15.1. The number of carbonyl (C=O) groups is 1. The molecule has 0 spiro atoms. The molecular weight excluding hydrogens is 390 g/mol. The summed E-state index contributed by atoms with van der Waals surface area (Å²) in [5, 5.41) is 7.32. The van der Waals surface area contributed by atoms with Gasteiger partial charge >= 0.3 is 0 Å². The van der Waals surface area contributed by atoms with Crippen molar-refractivity contribution >= 4 is 5.91 Å². The van der Waals surface area contributed by atoms with Crippen LogP contribution in [0.5, 0.6) is 0 Å². The largest absolute Gasteiger partial charge is 0.353 e. The van der Waals surface area contributed by atoms with E-state index in [0.29, 0.717) is 18.2 Å². The summed E-state index contributed by atoms with van der Waals surface area (Å²) in [7, 11) is 0. The minimum atomic E-state index is -0.204. The summed E-state index contributed by atoms with van der Waals surface area (Å²) in [6.07, 6.45) is 5.56. The molecule has 7 heteroatoms. The molecular formula is C24H27N5O2. The lowest BCUT2D eigenvalue weighted by atomic mass is 9.80. The number of hydrogen-bond acceptors (Lipinski definition) is 6. The fraction of sp³-hybridized carbons (Fsp3) is 0.417. The molecule has 3 atom stereocenters. The van der Waals surface area contributed by atoms with Crippen LogP contribution in [0.3, 0.4) is 0 Å². The van der Waals surface area contributed by atoms with Gasteiger partial charge in [0.1, 0.15) is 0 Å². The molecule has 0 unspecified atom stereocenters. The molecule has 3 aromatic rings. The third kappa shape index (κ3) is 4.10. The van der Waals surface area contributed by atoms with Gasteiger partial charge < -0.3 is 9.84 Å². The first kappa shape index (κ1) is 19.9. The number of nitrogens with one attached hydrogen (secondary N) is 1. The molecule has 1 N–H and O–H groups in total. The molecule has 1 saturated carbocycles. The normalized spacial score (nSPS) is 25.5. The first-order valence-corrected chi connectivity index (χ1v) is 10.9. The van der Waals surface area contributed by atoms with Gasteiger partial charge in [-0.2, -0.15) is 4.98 Å². The first-order valence-electron chi connectivity index (χ1n) is 10.9. The number of rotatable bonds is 6. The lowest BCUT2D eigenvalue weighted by molar-refractivity contribution is -0.121. The SMILES string of the molecule is Cc1noc([C@]23C[C@H](NC(=O)Cc4ccncc4)C[C@H]2CN(Cc2ccccc2)C3)n1. The van der Waals surface area contributed by atoms with Crippen molar-refractivity contribution in [2.45, 2.75) is 44.2 Å². The Morgan fingerprint density at radius 3 is 2.74 bits per heavy atom. The molecule has 1 amide bonds. The number of likely N-dealkylation sites (tertiary alicyclic amines) is 1. The van der Waals surface area contributed by atoms with Gasteiger partial charge in [-0.25, -0.2) is 0 Å². The highest BCUT2D eigenvalue weighted by Gasteiger charge is 2.57. The van der Waals surface area contributed by atoms with Crippen LogP contribution in [0.15, 0.2) is 59.4 Å². The van der Waals surface area contributed by atoms with E-state index >= 15 is 0 Å². The van der Waals surface area contributed by atoms with Gasteiger partial charge in [0, 0.05) is 38.1 Å². The molecule has 31 heavy (non-hydrogen) atoms. The number of carbonyl (C=O) groups excluding carboxylic acids is 1. The Hall–Kier alpha value is -3.06. The summed E-state index contributed by atoms with van der Waals surface area (Å²) in [5.41, 5.74) is 2.08. The molecule has 0 bridgehead atoms. The van der Waals surface area contributed by atoms with Crippen molar-refractivity contribution in [3.05, 3.63) is 77.7 Å². The predicted octanol–water partition coefficient (Wildman–Crippen LogP) is 2.66. The van der Waals surface area contributed by atoms with Crippen LogP contribution in [-0.4, -0.2) is 45.1 Å². The van der Waals surface area contributed by atoms with Crippen molar-refractivity contribution in [2.24, 2.45) is 5.92 Å². The summed E-state index contributed by atoms with van der Waals surface area (Å²) < 4.78 is 5.69. The molecule has 1 aliphatic carbocycles. The van der Waals surface area contributed by atoms with E-state index in [1.165, 1.54) is 5.56 Å². The molecule has 1 saturated heterocycles. The summed E-state index contributed by atoms with van der Waals surface area (Å²) >= 11 is 0. The second-order valence-electron chi connectivity index (χ2n) is 8.89. The number of nitrogens with zero attached hydrogens (tertiary/aromatic N) is 4. The second kappa shape index (κ2) is 8.23. The van der Waals surface area contributed by atoms with Crippen LogP contribution < -0.4 is 5.32 Å². The number of aromatic nitrogens is 3. The minimum Gasteiger partial charge on any atom is -0.353 e. The zero-order chi connectivity index (χ0) is 21.3. The molecule has 2 aliphatic rings. The third-order valence-corrected chi connectivity index (χ3v) is 6.63. The molecule has 1 aromatic carbocycles. The van der Waals surface area contributed by atoms with Crippen LogP contribution in [0, 0.1) is 12.8 Å². The smallest absolute Gasteiger partial charge is 0.234 e. The fourth-order valence-corrected chi connectivity index (χ4v) is 5.34. The topological polar surface area (TPSA) is 84.2 Å². The Balaban J connectivity index is 1.30. The minimum absolute atomic E-state index is 0.0502. The van der Waals surface area contributed by atoms with Crippen LogP contribution in [0.2, 0.25) is 0 Å². The van der Waals surface area contributed by atoms with E-state index in [-0.39, 0.29) is 17.4 Å². The standard InChI is InChI=1S/C24H27N5O2/c1-17-26-23(31-28-17)24-13-21(27-22(30)11-18-7-9-25-10-8-18)12-20(24)15-29(16-24)14-19-5-3-2-4-6-19/h2-10,20-21H,11-16H2,1H3,(H,27,30)/t20-,21+,24-/m0/s1. The van der Waals surface area contributed by atoms with Gasteiger partial charge in [-0.15, -0.1) is 0 Å². The lowest BCUT2D eigenvalue weighted by Gasteiger charge is -2.25. The molecule has 2 fully saturated rings. The summed E-state index contributed by atoms with van der Waals surface area (Å²) in [5.74, 6) is 1.81. The van der Waals surface area contributed by atoms with Crippen LogP contribution in [0.4, 0.5) is 0 Å². The van der Waals surface area contributed by atoms with Crippen molar-refractivity contribution in [1.29, 1.82) is 0 Å². The van der Waals surface area contributed by atoms with Crippen LogP contribution in [0.25, 0.3) is 0 Å². The van der Waals surface area contributed by atoms with E-state index in [9.17, 15) is 4.79 Å². The van der Waals surface area contributed by atoms with Crippen LogP contribution >= 0.6 is 0 Å². The number of benzene rings is 1. The second-order valence-corrected chi connectivity index (χ2v) is 8.89. The Bertz CT molecular complexity index is 1040. The van der Waals surface area contributed by atoms with Gasteiger partial charge in [0.15, 0.2) is 5.82 Å². The number of amides is 1. The molecule has 1 aliphatic heterocycles. The van der Waals surface area contributed by atoms with Gasteiger partial charge in [0.05, 0.1) is 11.8 Å². The number of aryl methyl sites for hydroxylation is 1. The van der Waals surface area contributed by atoms with Gasteiger partial charge in [0.25, 0.3) is 0 Å². The Morgan fingerprint density at radius 1 is 1.19 bits per heavy atom. The van der Waals surface area contributed by atoms with Crippen molar-refractivity contribution in [1.82, 2.24) is 25.3 Å². The van der Waals surface area contributed by atoms with Gasteiger partial charge in [-0.1, -0.05) is 35.5 Å². The predicted molar refractivity (Wildman–Crippen MR) is 115 cm³/mol. The maximum atomic E-state index is 12.6. The summed E-state index contributed by atoms with van der Waals surface area (Å²) in [6.45, 7) is 4.60. The molecule has 3 heterocycles. The average molecular weight is 418 g/mol. The van der Waals surface area contributed by atoms with E-state index in [4.69, 9.17) is 4.52 Å².